The molecule has 0 saturated heterocycles. The van der Waals surface area contributed by atoms with E-state index in [2.05, 4.69) is 33.8 Å². The van der Waals surface area contributed by atoms with E-state index in [-0.39, 0.29) is 45.8 Å². The van der Waals surface area contributed by atoms with Crippen LogP contribution < -0.4 is 54.8 Å². The summed E-state index contributed by atoms with van der Waals surface area (Å²) in [5, 5.41) is 31.2. The summed E-state index contributed by atoms with van der Waals surface area (Å²) in [6.07, 6.45) is 0.791. The number of aryl methyl sites for hydroxylation is 1. The van der Waals surface area contributed by atoms with Crippen LogP contribution in [0.25, 0.3) is 21.9 Å². The number of aromatic carboxylic acids is 2. The molecule has 0 spiro atoms. The second kappa shape index (κ2) is 10.9. The van der Waals surface area contributed by atoms with E-state index in [0.717, 1.165) is 12.1 Å². The molecule has 0 aliphatic rings. The highest BCUT2D eigenvalue weighted by atomic mass is 16.4. The van der Waals surface area contributed by atoms with Crippen molar-refractivity contribution in [2.45, 2.75) is 19.8 Å². The van der Waals surface area contributed by atoms with E-state index < -0.39 is 34.3 Å². The Hall–Kier alpha value is -4.88. The lowest BCUT2D eigenvalue weighted by Gasteiger charge is -2.11. The van der Waals surface area contributed by atoms with Crippen LogP contribution in [-0.2, 0) is 6.42 Å². The first kappa shape index (κ1) is 26.2. The molecule has 14 nitrogen and oxygen atoms in total. The highest BCUT2D eigenvalue weighted by Crippen LogP contribution is 2.28. The molecule has 0 saturated carbocycles. The number of carboxylic acid groups (broad SMARTS) is 2. The summed E-state index contributed by atoms with van der Waals surface area (Å²) in [5.41, 5.74) is 17.1. The van der Waals surface area contributed by atoms with Crippen LogP contribution in [0.3, 0.4) is 0 Å². The van der Waals surface area contributed by atoms with Gasteiger partial charge < -0.3 is 28.6 Å². The maximum Gasteiger partial charge on any atom is 0.336 e. The van der Waals surface area contributed by atoms with Crippen molar-refractivity contribution in [1.29, 1.82) is 0 Å². The summed E-state index contributed by atoms with van der Waals surface area (Å²) in [4.78, 5) is 46.5. The average Bonchev–Trinajstić information content (AvgIpc) is 2.67. The predicted octanol–water partition coefficient (Wildman–Crippen LogP) is -6.38. The van der Waals surface area contributed by atoms with E-state index >= 15 is 0 Å². The fourth-order valence-electron chi connectivity index (χ4n) is 2.65. The summed E-state index contributed by atoms with van der Waals surface area (Å²) in [5.74, 6) is -4.86. The van der Waals surface area contributed by atoms with Crippen molar-refractivity contribution in [3.8, 4) is 0 Å². The third-order valence-corrected chi connectivity index (χ3v) is 3.71. The number of hydrogen-bond acceptors (Lipinski definition) is 8. The zero-order valence-corrected chi connectivity index (χ0v) is 17.4. The molecule has 0 amide bonds. The van der Waals surface area contributed by atoms with E-state index in [1.165, 1.54) is 6.07 Å². The molecule has 0 aliphatic heterocycles. The quantitative estimate of drug-likeness (QED) is 0.120. The SMILES string of the molecule is CCCc1c2oc(C(=O)[O-])cc(=O)c2cc2c(=O)cc(C(=O)[O-])oc12.NC(N)=[NH2+].NC(N)=[NH2+]. The maximum absolute atomic E-state index is 12.2. The van der Waals surface area contributed by atoms with Gasteiger partial charge in [0.2, 0.25) is 0 Å². The van der Waals surface area contributed by atoms with Crippen molar-refractivity contribution >= 4 is 45.8 Å². The minimum absolute atomic E-state index is 0.00514. The number of fused-ring (bicyclic) bond motifs is 2. The minimum Gasteiger partial charge on any atom is -0.542 e. The highest BCUT2D eigenvalue weighted by Gasteiger charge is 2.18. The van der Waals surface area contributed by atoms with Gasteiger partial charge >= 0.3 is 11.9 Å². The molecular weight excluding hydrogens is 440 g/mol. The molecule has 2 heterocycles. The van der Waals surface area contributed by atoms with Crippen LogP contribution in [0.2, 0.25) is 0 Å². The van der Waals surface area contributed by atoms with Crippen molar-refractivity contribution in [2.24, 2.45) is 22.9 Å². The molecule has 3 rings (SSSR count). The Morgan fingerprint density at radius 1 is 0.818 bits per heavy atom. The van der Waals surface area contributed by atoms with Crippen molar-refractivity contribution in [3.05, 3.63) is 55.7 Å². The highest BCUT2D eigenvalue weighted by molar-refractivity contribution is 5.98. The molecule has 14 heteroatoms. The first-order valence-corrected chi connectivity index (χ1v) is 9.07. The number of carbonyl (C=O) groups is 2. The number of guanidine groups is 2. The molecule has 0 fully saturated rings. The number of benzene rings is 1. The molecule has 33 heavy (non-hydrogen) atoms. The van der Waals surface area contributed by atoms with Crippen LogP contribution >= 0.6 is 0 Å². The van der Waals surface area contributed by atoms with Crippen molar-refractivity contribution in [2.75, 3.05) is 0 Å². The third kappa shape index (κ3) is 6.81. The van der Waals surface area contributed by atoms with Gasteiger partial charge in [0.1, 0.15) is 23.1 Å². The summed E-state index contributed by atoms with van der Waals surface area (Å²) >= 11 is 0. The van der Waals surface area contributed by atoms with Gasteiger partial charge in [-0.3, -0.25) is 43.3 Å². The zero-order valence-electron chi connectivity index (χ0n) is 17.4. The van der Waals surface area contributed by atoms with Gasteiger partial charge in [-0.05, 0) is 12.5 Å². The van der Waals surface area contributed by atoms with Gasteiger partial charge in [0, 0.05) is 17.7 Å². The smallest absolute Gasteiger partial charge is 0.336 e. The van der Waals surface area contributed by atoms with Crippen LogP contribution in [0.4, 0.5) is 0 Å². The van der Waals surface area contributed by atoms with E-state index in [1.54, 1.807) is 6.92 Å². The van der Waals surface area contributed by atoms with Gasteiger partial charge in [0.25, 0.3) is 0 Å². The minimum atomic E-state index is -1.67. The summed E-state index contributed by atoms with van der Waals surface area (Å²) in [6, 6.07) is 2.71. The van der Waals surface area contributed by atoms with Gasteiger partial charge in [-0.25, -0.2) is 0 Å². The third-order valence-electron chi connectivity index (χ3n) is 3.71. The second-order valence-electron chi connectivity index (χ2n) is 6.38. The van der Waals surface area contributed by atoms with Crippen molar-refractivity contribution < 1.29 is 39.5 Å². The van der Waals surface area contributed by atoms with Gasteiger partial charge in [0.15, 0.2) is 22.4 Å². The van der Waals surface area contributed by atoms with Crippen LogP contribution in [0.5, 0.6) is 0 Å². The van der Waals surface area contributed by atoms with Crippen LogP contribution in [-0.4, -0.2) is 23.9 Å². The summed E-state index contributed by atoms with van der Waals surface area (Å²) in [6.45, 7) is 1.80. The molecule has 0 radical (unpaired) electrons. The van der Waals surface area contributed by atoms with Gasteiger partial charge in [-0.1, -0.05) is 13.3 Å². The fraction of sp³-hybridized carbons (Fsp3) is 0.158. The van der Waals surface area contributed by atoms with Crippen LogP contribution in [0.1, 0.15) is 40.0 Å². The molecular formula is C19H22N6O8. The monoisotopic (exact) mass is 462 g/mol. The molecule has 12 N–H and O–H groups in total. The fourth-order valence-corrected chi connectivity index (χ4v) is 2.65. The first-order valence-electron chi connectivity index (χ1n) is 9.07. The Labute approximate surface area is 184 Å². The van der Waals surface area contributed by atoms with Gasteiger partial charge in [0.05, 0.1) is 10.8 Å². The topological polar surface area (TPSA) is 296 Å². The number of carbonyl (C=O) groups excluding carboxylic acids is 2. The Morgan fingerprint density at radius 3 is 1.42 bits per heavy atom. The Bertz CT molecular complexity index is 1250. The maximum atomic E-state index is 12.2. The Morgan fingerprint density at radius 2 is 1.15 bits per heavy atom. The normalized spacial score (nSPS) is 9.85. The van der Waals surface area contributed by atoms with E-state index in [0.29, 0.717) is 6.42 Å². The molecule has 1 aromatic carbocycles. The van der Waals surface area contributed by atoms with Crippen molar-refractivity contribution in [3.63, 3.8) is 0 Å². The lowest BCUT2D eigenvalue weighted by atomic mass is 10.0. The zero-order chi connectivity index (χ0) is 25.5. The lowest BCUT2D eigenvalue weighted by molar-refractivity contribution is -0.258. The second-order valence-corrected chi connectivity index (χ2v) is 6.38. The van der Waals surface area contributed by atoms with Gasteiger partial charge in [-0.2, -0.15) is 0 Å². The van der Waals surface area contributed by atoms with Gasteiger partial charge in [-0.15, -0.1) is 0 Å². The number of carboxylic acids is 2. The molecule has 0 unspecified atom stereocenters. The van der Waals surface area contributed by atoms with E-state index in [1.807, 2.05) is 0 Å². The number of nitrogens with two attached hydrogens (primary N) is 6. The lowest BCUT2D eigenvalue weighted by Crippen LogP contribution is -2.51. The largest absolute Gasteiger partial charge is 0.542 e. The molecule has 0 aliphatic carbocycles. The predicted molar refractivity (Wildman–Crippen MR) is 112 cm³/mol. The summed E-state index contributed by atoms with van der Waals surface area (Å²) in [7, 11) is 0. The average molecular weight is 462 g/mol. The summed E-state index contributed by atoms with van der Waals surface area (Å²) < 4.78 is 10.5. The standard InChI is InChI=1S/C17H12O8.2CH5N3/c1-2-3-7-14-8(10(18)5-12(24-14)16(20)21)4-9-11(19)6-13(17(22)23)25-15(7)9;2*2-1(3)4/h4-6H,2-3H2,1H3,(H,20,21)(H,22,23);2*(H5,2,3,4). The Kier molecular flexibility index (Phi) is 8.67. The number of rotatable bonds is 4. The van der Waals surface area contributed by atoms with Crippen LogP contribution in [0, 0.1) is 0 Å². The van der Waals surface area contributed by atoms with Crippen molar-refractivity contribution in [1.82, 2.24) is 0 Å². The molecule has 176 valence electrons. The number of hydrogen-bond donors (Lipinski definition) is 6. The van der Waals surface area contributed by atoms with Crippen LogP contribution in [0.15, 0.2) is 36.6 Å². The molecule has 0 bridgehead atoms. The molecule has 3 aromatic rings. The first-order chi connectivity index (χ1) is 15.3. The van der Waals surface area contributed by atoms with E-state index in [4.69, 9.17) is 8.83 Å². The van der Waals surface area contributed by atoms with E-state index in [9.17, 15) is 29.4 Å². The molecule has 0 atom stereocenters. The Balaban J connectivity index is 0.000000591. The molecule has 2 aromatic heterocycles.